The summed E-state index contributed by atoms with van der Waals surface area (Å²) in [6.45, 7) is 3.90. The van der Waals surface area contributed by atoms with Gasteiger partial charge in [0, 0.05) is 27.7 Å². The molecule has 2 atom stereocenters. The number of benzene rings is 3. The fourth-order valence-electron chi connectivity index (χ4n) is 4.66. The lowest BCUT2D eigenvalue weighted by Gasteiger charge is -2.26. The molecule has 34 heavy (non-hydrogen) atoms. The van der Waals surface area contributed by atoms with Gasteiger partial charge >= 0.3 is 0 Å². The summed E-state index contributed by atoms with van der Waals surface area (Å²) in [7, 11) is 0. The molecule has 2 heterocycles. The minimum absolute atomic E-state index is 0.0126. The number of aliphatic hydroxyl groups is 1. The molecular weight excluding hydrogens is 473 g/mol. The molecule has 2 aliphatic rings. The fraction of sp³-hybridized carbons (Fsp3) is 0.185. The molecule has 3 aromatic rings. The number of halogens is 2. The highest BCUT2D eigenvalue weighted by Gasteiger charge is 2.47. The van der Waals surface area contributed by atoms with Crippen molar-refractivity contribution in [3.63, 3.8) is 0 Å². The molecule has 0 saturated carbocycles. The fourth-order valence-corrected chi connectivity index (χ4v) is 5.17. The zero-order valence-electron chi connectivity index (χ0n) is 18.5. The predicted octanol–water partition coefficient (Wildman–Crippen LogP) is 6.25. The Kier molecular flexibility index (Phi) is 5.62. The first kappa shape index (κ1) is 22.5. The lowest BCUT2D eigenvalue weighted by atomic mass is 9.93. The summed E-state index contributed by atoms with van der Waals surface area (Å²) in [5, 5.41) is 12.0. The molecule has 3 aromatic carbocycles. The van der Waals surface area contributed by atoms with Crippen LogP contribution in [-0.4, -0.2) is 22.9 Å². The summed E-state index contributed by atoms with van der Waals surface area (Å²) in [4.78, 5) is 28.0. The van der Waals surface area contributed by atoms with Crippen LogP contribution in [0.1, 0.15) is 35.2 Å². The minimum atomic E-state index is -0.849. The van der Waals surface area contributed by atoms with E-state index in [9.17, 15) is 14.7 Å². The molecule has 2 aliphatic heterocycles. The van der Waals surface area contributed by atoms with E-state index >= 15 is 0 Å². The van der Waals surface area contributed by atoms with E-state index in [1.54, 1.807) is 30.3 Å². The van der Waals surface area contributed by atoms with Gasteiger partial charge in [-0.05, 0) is 61.4 Å². The van der Waals surface area contributed by atoms with Gasteiger partial charge in [-0.1, -0.05) is 53.0 Å². The van der Waals surface area contributed by atoms with Gasteiger partial charge in [0.25, 0.3) is 11.7 Å². The van der Waals surface area contributed by atoms with Gasteiger partial charge in [-0.15, -0.1) is 0 Å². The molecule has 0 spiro atoms. The Labute approximate surface area is 207 Å². The number of rotatable bonds is 3. The number of hydrogen-bond acceptors (Lipinski definition) is 4. The van der Waals surface area contributed by atoms with Gasteiger partial charge in [0.05, 0.1) is 11.6 Å². The summed E-state index contributed by atoms with van der Waals surface area (Å²) >= 11 is 12.4. The van der Waals surface area contributed by atoms with Gasteiger partial charge in [0.2, 0.25) is 0 Å². The number of nitrogens with zero attached hydrogens (tertiary/aromatic N) is 1. The Hall–Kier alpha value is -3.28. The summed E-state index contributed by atoms with van der Waals surface area (Å²) in [6, 6.07) is 16.6. The summed E-state index contributed by atoms with van der Waals surface area (Å²) < 4.78 is 5.75. The Morgan fingerprint density at radius 1 is 1.03 bits per heavy atom. The van der Waals surface area contributed by atoms with E-state index in [2.05, 4.69) is 0 Å². The smallest absolute Gasteiger partial charge is 0.300 e. The topological polar surface area (TPSA) is 66.8 Å². The average molecular weight is 494 g/mol. The third-order valence-electron chi connectivity index (χ3n) is 6.10. The van der Waals surface area contributed by atoms with E-state index in [4.69, 9.17) is 27.9 Å². The Bertz CT molecular complexity index is 1360. The zero-order chi connectivity index (χ0) is 24.1. The molecule has 1 N–H and O–H groups in total. The monoisotopic (exact) mass is 493 g/mol. The molecular formula is C27H21Cl2NO4. The molecule has 1 saturated heterocycles. The van der Waals surface area contributed by atoms with Gasteiger partial charge in [0.1, 0.15) is 17.6 Å². The Balaban J connectivity index is 1.71. The van der Waals surface area contributed by atoms with Crippen molar-refractivity contribution in [1.82, 2.24) is 0 Å². The first-order valence-corrected chi connectivity index (χ1v) is 11.6. The Morgan fingerprint density at radius 3 is 2.47 bits per heavy atom. The molecule has 7 heteroatoms. The number of carbonyl (C=O) groups is 2. The molecule has 172 valence electrons. The van der Waals surface area contributed by atoms with E-state index < -0.39 is 17.7 Å². The molecule has 2 unspecified atom stereocenters. The SMILES string of the molecule is Cc1cccc(C2/C(=C(/O)c3ccc4c(c3)CC(C)O4)C(=O)C(=O)N2c2cc(Cl)cc(Cl)c2)c1. The van der Waals surface area contributed by atoms with Crippen LogP contribution in [0, 0.1) is 6.92 Å². The molecule has 0 bridgehead atoms. The van der Waals surface area contributed by atoms with Crippen LogP contribution < -0.4 is 9.64 Å². The number of ketones is 1. The van der Waals surface area contributed by atoms with Gasteiger partial charge in [-0.2, -0.15) is 0 Å². The number of aliphatic hydroxyl groups excluding tert-OH is 1. The van der Waals surface area contributed by atoms with Gasteiger partial charge in [-0.25, -0.2) is 0 Å². The van der Waals surface area contributed by atoms with Crippen molar-refractivity contribution in [2.24, 2.45) is 0 Å². The molecule has 1 fully saturated rings. The minimum Gasteiger partial charge on any atom is -0.507 e. The normalized spacial score (nSPS) is 21.0. The number of amides is 1. The van der Waals surface area contributed by atoms with E-state index in [1.807, 2.05) is 44.2 Å². The molecule has 5 rings (SSSR count). The first-order chi connectivity index (χ1) is 16.2. The predicted molar refractivity (Wildman–Crippen MR) is 133 cm³/mol. The van der Waals surface area contributed by atoms with Crippen LogP contribution in [-0.2, 0) is 16.0 Å². The molecule has 1 amide bonds. The van der Waals surface area contributed by atoms with Crippen molar-refractivity contribution in [3.05, 3.63) is 98.5 Å². The van der Waals surface area contributed by atoms with Crippen molar-refractivity contribution >= 4 is 46.3 Å². The van der Waals surface area contributed by atoms with E-state index in [0.717, 1.165) is 16.9 Å². The first-order valence-electron chi connectivity index (χ1n) is 10.9. The van der Waals surface area contributed by atoms with Crippen LogP contribution in [0.4, 0.5) is 5.69 Å². The second-order valence-electron chi connectivity index (χ2n) is 8.67. The lowest BCUT2D eigenvalue weighted by molar-refractivity contribution is -0.132. The number of carbonyl (C=O) groups excluding carboxylic acids is 2. The van der Waals surface area contributed by atoms with Crippen LogP contribution in [0.5, 0.6) is 5.75 Å². The van der Waals surface area contributed by atoms with Crippen molar-refractivity contribution < 1.29 is 19.4 Å². The van der Waals surface area contributed by atoms with Gasteiger partial charge in [0.15, 0.2) is 0 Å². The zero-order valence-corrected chi connectivity index (χ0v) is 20.0. The number of fused-ring (bicyclic) bond motifs is 1. The van der Waals surface area contributed by atoms with Crippen molar-refractivity contribution in [2.75, 3.05) is 4.90 Å². The maximum Gasteiger partial charge on any atom is 0.300 e. The maximum atomic E-state index is 13.3. The molecule has 0 aromatic heterocycles. The van der Waals surface area contributed by atoms with Crippen molar-refractivity contribution in [1.29, 1.82) is 0 Å². The molecule has 0 radical (unpaired) electrons. The van der Waals surface area contributed by atoms with Gasteiger partial charge in [-0.3, -0.25) is 14.5 Å². The third kappa shape index (κ3) is 3.85. The quantitative estimate of drug-likeness (QED) is 0.266. The van der Waals surface area contributed by atoms with Crippen molar-refractivity contribution in [3.8, 4) is 5.75 Å². The number of aryl methyl sites for hydroxylation is 1. The van der Waals surface area contributed by atoms with Crippen LogP contribution in [0.15, 0.2) is 66.2 Å². The number of hydrogen-bond donors (Lipinski definition) is 1. The highest BCUT2D eigenvalue weighted by atomic mass is 35.5. The van der Waals surface area contributed by atoms with E-state index in [1.165, 1.54) is 4.90 Å². The van der Waals surface area contributed by atoms with Crippen LogP contribution in [0.3, 0.4) is 0 Å². The second-order valence-corrected chi connectivity index (χ2v) is 9.54. The third-order valence-corrected chi connectivity index (χ3v) is 6.53. The average Bonchev–Trinajstić information content (AvgIpc) is 3.28. The standard InChI is InChI=1S/C27H21Cl2NO4/c1-14-4-3-5-16(8-14)24-23(25(31)17-6-7-22-18(10-17)9-15(2)34-22)26(32)27(33)30(24)21-12-19(28)11-20(29)13-21/h3-8,10-13,15,24,31H,9H2,1-2H3/b25-23-. The lowest BCUT2D eigenvalue weighted by Crippen LogP contribution is -2.29. The molecule has 0 aliphatic carbocycles. The number of Topliss-reactive ketones (excluding diaryl/α,β-unsaturated/α-hetero) is 1. The van der Waals surface area contributed by atoms with Crippen LogP contribution in [0.25, 0.3) is 5.76 Å². The highest BCUT2D eigenvalue weighted by Crippen LogP contribution is 2.44. The maximum absolute atomic E-state index is 13.3. The van der Waals surface area contributed by atoms with Crippen LogP contribution in [0.2, 0.25) is 10.0 Å². The summed E-state index contributed by atoms with van der Waals surface area (Å²) in [5.74, 6) is -1.01. The number of anilines is 1. The summed E-state index contributed by atoms with van der Waals surface area (Å²) in [5.41, 5.74) is 3.43. The molecule has 5 nitrogen and oxygen atoms in total. The Morgan fingerprint density at radius 2 is 1.76 bits per heavy atom. The second kappa shape index (κ2) is 8.49. The highest BCUT2D eigenvalue weighted by molar-refractivity contribution is 6.52. The van der Waals surface area contributed by atoms with Crippen LogP contribution >= 0.6 is 23.2 Å². The van der Waals surface area contributed by atoms with Gasteiger partial charge < -0.3 is 9.84 Å². The number of ether oxygens (including phenoxy) is 1. The van der Waals surface area contributed by atoms with E-state index in [-0.39, 0.29) is 17.4 Å². The largest absolute Gasteiger partial charge is 0.507 e. The van der Waals surface area contributed by atoms with Crippen molar-refractivity contribution in [2.45, 2.75) is 32.4 Å². The van der Waals surface area contributed by atoms with E-state index in [0.29, 0.717) is 33.3 Å². The summed E-state index contributed by atoms with van der Waals surface area (Å²) in [6.07, 6.45) is 0.741.